The van der Waals surface area contributed by atoms with Gasteiger partial charge >= 0.3 is 6.01 Å². The number of hydrogen-bond donors (Lipinski definition) is 2. The molecule has 12 heteroatoms. The Morgan fingerprint density at radius 1 is 1.09 bits per heavy atom. The van der Waals surface area contributed by atoms with Gasteiger partial charge in [0.05, 0.1) is 10.9 Å². The van der Waals surface area contributed by atoms with E-state index in [1.54, 1.807) is 18.3 Å². The van der Waals surface area contributed by atoms with Gasteiger partial charge in [0, 0.05) is 74.4 Å². The lowest BCUT2D eigenvalue weighted by Crippen LogP contribution is -2.55. The molecule has 0 saturated carbocycles. The molecule has 0 aliphatic carbocycles. The summed E-state index contributed by atoms with van der Waals surface area (Å²) < 4.78 is 52.7. The Morgan fingerprint density at radius 3 is 2.72 bits per heavy atom. The summed E-state index contributed by atoms with van der Waals surface area (Å²) in [6, 6.07) is 8.59. The van der Waals surface area contributed by atoms with Crippen LogP contribution in [0.3, 0.4) is 0 Å². The van der Waals surface area contributed by atoms with Gasteiger partial charge in [-0.25, -0.2) is 13.2 Å². The van der Waals surface area contributed by atoms with Gasteiger partial charge < -0.3 is 20.1 Å². The Morgan fingerprint density at radius 2 is 1.91 bits per heavy atom. The molecule has 2 unspecified atom stereocenters. The van der Waals surface area contributed by atoms with Gasteiger partial charge in [-0.2, -0.15) is 9.97 Å². The van der Waals surface area contributed by atoms with Gasteiger partial charge in [-0.1, -0.05) is 12.1 Å². The Kier molecular flexibility index (Phi) is 6.59. The smallest absolute Gasteiger partial charge is 0.319 e. The minimum absolute atomic E-state index is 0.0188. The number of nitrogens with zero attached hydrogens (tertiary/aromatic N) is 6. The molecule has 5 aliphatic heterocycles. The number of pyridine rings is 1. The van der Waals surface area contributed by atoms with Gasteiger partial charge in [-0.3, -0.25) is 14.8 Å². The third-order valence-corrected chi connectivity index (χ3v) is 10.9. The molecule has 2 aromatic carbocycles. The molecule has 2 N–H and O–H groups in total. The zero-order valence-electron chi connectivity index (χ0n) is 25.4. The Hall–Kier alpha value is -3.74. The van der Waals surface area contributed by atoms with Gasteiger partial charge in [0.1, 0.15) is 41.4 Å². The topological polar surface area (TPSA) is 99.8 Å². The normalized spacial score (nSPS) is 29.2. The van der Waals surface area contributed by atoms with Crippen molar-refractivity contribution in [2.75, 3.05) is 50.8 Å². The number of anilines is 1. The maximum Gasteiger partial charge on any atom is 0.319 e. The molecule has 5 atom stereocenters. The van der Waals surface area contributed by atoms with Crippen LogP contribution in [-0.2, 0) is 0 Å². The molecule has 2 bridgehead atoms. The first-order valence-corrected chi connectivity index (χ1v) is 16.4. The molecule has 5 fully saturated rings. The first-order chi connectivity index (χ1) is 22.3. The van der Waals surface area contributed by atoms with E-state index in [1.807, 2.05) is 0 Å². The number of phenols is 1. The van der Waals surface area contributed by atoms with Crippen LogP contribution in [0.2, 0.25) is 0 Å². The van der Waals surface area contributed by atoms with E-state index in [-0.39, 0.29) is 40.5 Å². The molecule has 5 saturated heterocycles. The van der Waals surface area contributed by atoms with E-state index >= 15 is 8.78 Å². The van der Waals surface area contributed by atoms with Crippen molar-refractivity contribution in [3.05, 3.63) is 48.2 Å². The summed E-state index contributed by atoms with van der Waals surface area (Å²) in [6.45, 7) is 5.01. The number of aromatic nitrogens is 3. The van der Waals surface area contributed by atoms with Crippen LogP contribution in [0.4, 0.5) is 19.0 Å². The van der Waals surface area contributed by atoms with Gasteiger partial charge in [0.25, 0.3) is 0 Å². The zero-order valence-corrected chi connectivity index (χ0v) is 25.4. The fraction of sp³-hybridized carbons (Fsp3) is 0.500. The maximum atomic E-state index is 16.8. The lowest BCUT2D eigenvalue weighted by Gasteiger charge is -2.41. The quantitative estimate of drug-likeness (QED) is 0.288. The first-order valence-electron chi connectivity index (χ1n) is 16.4. The Labute approximate surface area is 264 Å². The highest BCUT2D eigenvalue weighted by Crippen LogP contribution is 2.42. The van der Waals surface area contributed by atoms with Crippen LogP contribution >= 0.6 is 0 Å². The standard InChI is InChI=1S/C34H36F3N7O2/c35-20-11-34(7-2-8-43(34)14-20)18-46-33-40-31-26(32(41-33)42-16-22-5-6-23(17-42)44(22)15-21-12-38-21)13-39-30(29(31)37)25-10-24(45)9-19-3-1-4-27(36)28(19)25/h1,3-4,9-10,13,20-23,38,45H,2,5-8,11-12,14-18H2/t20-,21+,22?,23?,34+/m1/s1. The van der Waals surface area contributed by atoms with E-state index in [9.17, 15) is 9.50 Å². The maximum absolute atomic E-state index is 16.8. The molecule has 0 spiro atoms. The molecular formula is C34H36F3N7O2. The van der Waals surface area contributed by atoms with Crippen LogP contribution in [-0.4, -0.2) is 106 Å². The minimum Gasteiger partial charge on any atom is -0.508 e. The van der Waals surface area contributed by atoms with Crippen molar-refractivity contribution in [3.8, 4) is 23.0 Å². The molecule has 2 aromatic heterocycles. The molecule has 5 aliphatic rings. The van der Waals surface area contributed by atoms with Crippen LogP contribution in [0, 0.1) is 11.6 Å². The number of aromatic hydroxyl groups is 1. The van der Waals surface area contributed by atoms with Crippen molar-refractivity contribution in [1.82, 2.24) is 30.1 Å². The van der Waals surface area contributed by atoms with Crippen LogP contribution < -0.4 is 15.0 Å². The molecule has 9 nitrogen and oxygen atoms in total. The highest BCUT2D eigenvalue weighted by molar-refractivity contribution is 6.00. The second-order valence-electron chi connectivity index (χ2n) is 13.8. The number of ether oxygens (including phenoxy) is 1. The van der Waals surface area contributed by atoms with E-state index in [1.165, 1.54) is 18.2 Å². The van der Waals surface area contributed by atoms with Crippen LogP contribution in [0.5, 0.6) is 11.8 Å². The van der Waals surface area contributed by atoms with Gasteiger partial charge in [-0.05, 0) is 55.8 Å². The van der Waals surface area contributed by atoms with Crippen molar-refractivity contribution in [3.63, 3.8) is 0 Å². The van der Waals surface area contributed by atoms with Gasteiger partial charge in [0.15, 0.2) is 5.82 Å². The summed E-state index contributed by atoms with van der Waals surface area (Å²) in [5, 5.41) is 14.9. The van der Waals surface area contributed by atoms with E-state index in [0.29, 0.717) is 47.7 Å². The van der Waals surface area contributed by atoms with E-state index in [0.717, 1.165) is 58.4 Å². The number of halogens is 3. The fourth-order valence-corrected chi connectivity index (χ4v) is 8.64. The third kappa shape index (κ3) is 4.67. The number of phenolic OH excluding ortho intramolecular Hbond substituents is 1. The molecule has 0 radical (unpaired) electrons. The highest BCUT2D eigenvalue weighted by atomic mass is 19.1. The lowest BCUT2D eigenvalue weighted by molar-refractivity contribution is 0.107. The molecule has 240 valence electrons. The van der Waals surface area contributed by atoms with Crippen molar-refractivity contribution in [2.45, 2.75) is 61.9 Å². The summed E-state index contributed by atoms with van der Waals surface area (Å²) >= 11 is 0. The minimum atomic E-state index is -0.904. The number of rotatable bonds is 7. The fourth-order valence-electron chi connectivity index (χ4n) is 8.64. The summed E-state index contributed by atoms with van der Waals surface area (Å²) in [4.78, 5) is 20.9. The van der Waals surface area contributed by atoms with Crippen LogP contribution in [0.1, 0.15) is 32.1 Å². The molecule has 0 amide bonds. The number of alkyl halides is 1. The van der Waals surface area contributed by atoms with Crippen molar-refractivity contribution in [1.29, 1.82) is 0 Å². The van der Waals surface area contributed by atoms with Crippen LogP contribution in [0.25, 0.3) is 32.9 Å². The summed E-state index contributed by atoms with van der Waals surface area (Å²) in [7, 11) is 0. The first kappa shape index (κ1) is 28.5. The summed E-state index contributed by atoms with van der Waals surface area (Å²) in [6.07, 6.45) is 5.03. The molecule has 4 aromatic rings. The van der Waals surface area contributed by atoms with Crippen molar-refractivity contribution >= 4 is 27.5 Å². The SMILES string of the molecule is Oc1cc(-c2ncc3c(N4CC5CCC(C4)N5C[C@@H]4CN4)nc(OC[C@@]45CCCN4C[C@H](F)C5)nc3c2F)c2c(F)cccc2c1. The highest BCUT2D eigenvalue weighted by Gasteiger charge is 2.49. The van der Waals surface area contributed by atoms with Gasteiger partial charge in [-0.15, -0.1) is 0 Å². The molecule has 7 heterocycles. The number of hydrogen-bond acceptors (Lipinski definition) is 9. The largest absolute Gasteiger partial charge is 0.508 e. The second-order valence-corrected chi connectivity index (χ2v) is 13.8. The van der Waals surface area contributed by atoms with E-state index in [4.69, 9.17) is 9.72 Å². The second kappa shape index (κ2) is 10.6. The molecule has 46 heavy (non-hydrogen) atoms. The molecule has 9 rings (SSSR count). The van der Waals surface area contributed by atoms with E-state index < -0.39 is 23.3 Å². The predicted octanol–water partition coefficient (Wildman–Crippen LogP) is 4.41. The van der Waals surface area contributed by atoms with E-state index in [2.05, 4.69) is 30.0 Å². The summed E-state index contributed by atoms with van der Waals surface area (Å²) in [5.74, 6) is -0.854. The predicted molar refractivity (Wildman–Crippen MR) is 168 cm³/mol. The summed E-state index contributed by atoms with van der Waals surface area (Å²) in [5.41, 5.74) is -0.381. The third-order valence-electron chi connectivity index (χ3n) is 10.9. The number of piperazine rings is 1. The van der Waals surface area contributed by atoms with Crippen LogP contribution in [0.15, 0.2) is 36.5 Å². The molecular weight excluding hydrogens is 595 g/mol. The number of benzene rings is 2. The lowest BCUT2D eigenvalue weighted by atomic mass is 9.95. The monoisotopic (exact) mass is 631 g/mol. The van der Waals surface area contributed by atoms with Crippen molar-refractivity contribution in [2.24, 2.45) is 0 Å². The Balaban J connectivity index is 1.14. The number of nitrogens with one attached hydrogen (secondary N) is 1. The Bertz CT molecular complexity index is 1840. The average molecular weight is 632 g/mol. The van der Waals surface area contributed by atoms with Crippen molar-refractivity contribution < 1.29 is 23.0 Å². The average Bonchev–Trinajstić information content (AvgIpc) is 3.63. The van der Waals surface area contributed by atoms with Gasteiger partial charge in [0.2, 0.25) is 0 Å². The zero-order chi connectivity index (χ0) is 31.2. The number of fused-ring (bicyclic) bond motifs is 5.